The van der Waals surface area contributed by atoms with E-state index >= 15 is 0 Å². The molecule has 19 heteroatoms. The number of hydrogen-bond acceptors (Lipinski definition) is 15. The van der Waals surface area contributed by atoms with Crippen LogP contribution in [0.1, 0.15) is 103 Å². The Balaban J connectivity index is 0.800. The molecule has 5 aliphatic heterocycles. The number of carbonyl (C=O) groups is 7. The van der Waals surface area contributed by atoms with Crippen molar-refractivity contribution < 1.29 is 62.4 Å². The number of benzene rings is 3. The molecule has 0 saturated carbocycles. The topological polar surface area (TPSA) is 223 Å². The minimum absolute atomic E-state index is 0.0560. The van der Waals surface area contributed by atoms with Crippen LogP contribution in [0.25, 0.3) is 0 Å². The molecule has 3 atom stereocenters. The number of methoxy groups -OCH3 is 1. The van der Waals surface area contributed by atoms with Crippen LogP contribution >= 0.6 is 0 Å². The molecule has 0 aromatic heterocycles. The summed E-state index contributed by atoms with van der Waals surface area (Å²) in [5, 5.41) is 15.0. The molecule has 8 rings (SSSR count). The van der Waals surface area contributed by atoms with Gasteiger partial charge in [-0.15, -0.1) is 0 Å². The first kappa shape index (κ1) is 54.6. The van der Waals surface area contributed by atoms with Crippen LogP contribution in [0.4, 0.5) is 21.9 Å². The highest BCUT2D eigenvalue weighted by atomic mass is 16.6. The van der Waals surface area contributed by atoms with Crippen molar-refractivity contribution in [3.63, 3.8) is 0 Å². The van der Waals surface area contributed by atoms with E-state index in [1.165, 1.54) is 17.7 Å². The van der Waals surface area contributed by atoms with Crippen LogP contribution in [-0.4, -0.2) is 145 Å². The summed E-state index contributed by atoms with van der Waals surface area (Å²) in [4.78, 5) is 100. The Bertz CT molecular complexity index is 2820. The normalized spacial score (nSPS) is 19.7. The Morgan fingerprint density at radius 1 is 0.750 bits per heavy atom. The molecular formula is C57H66N6O13. The largest absolute Gasteiger partial charge is 0.493 e. The first-order valence-corrected chi connectivity index (χ1v) is 25.9. The van der Waals surface area contributed by atoms with E-state index in [1.807, 2.05) is 38.0 Å². The van der Waals surface area contributed by atoms with Crippen LogP contribution in [0.15, 0.2) is 89.0 Å². The summed E-state index contributed by atoms with van der Waals surface area (Å²) >= 11 is 0. The zero-order chi connectivity index (χ0) is 53.9. The number of ketones is 2. The van der Waals surface area contributed by atoms with Gasteiger partial charge in [0.2, 0.25) is 0 Å². The Morgan fingerprint density at radius 3 is 2.17 bits per heavy atom. The predicted octanol–water partition coefficient (Wildman–Crippen LogP) is 7.20. The quantitative estimate of drug-likeness (QED) is 0.0515. The number of amides is 5. The minimum Gasteiger partial charge on any atom is -0.493 e. The predicted molar refractivity (Wildman–Crippen MR) is 282 cm³/mol. The molecule has 3 aromatic rings. The number of unbranched alkanes of at least 4 members (excludes halogenated alkanes) is 2. The number of nitrogens with one attached hydrogen (secondary N) is 1. The third-order valence-corrected chi connectivity index (χ3v) is 14.2. The molecule has 2 fully saturated rings. The van der Waals surface area contributed by atoms with Crippen molar-refractivity contribution >= 4 is 64.6 Å². The molecule has 2 saturated heterocycles. The zero-order valence-electron chi connectivity index (χ0n) is 43.5. The first-order valence-electron chi connectivity index (χ1n) is 25.9. The van der Waals surface area contributed by atoms with Crippen molar-refractivity contribution in [1.29, 1.82) is 0 Å². The summed E-state index contributed by atoms with van der Waals surface area (Å²) in [6.07, 6.45) is 10.2. The number of ether oxygens (including phenoxy) is 5. The van der Waals surface area contributed by atoms with E-state index in [9.17, 15) is 38.7 Å². The third kappa shape index (κ3) is 12.9. The van der Waals surface area contributed by atoms with Crippen LogP contribution in [0, 0.1) is 6.92 Å². The Kier molecular flexibility index (Phi) is 18.2. The number of aliphatic imine (C=N–C) groups is 1. The van der Waals surface area contributed by atoms with Gasteiger partial charge in [0.15, 0.2) is 23.5 Å². The van der Waals surface area contributed by atoms with Crippen molar-refractivity contribution in [2.75, 3.05) is 69.9 Å². The first-order chi connectivity index (χ1) is 36.8. The summed E-state index contributed by atoms with van der Waals surface area (Å²) in [7, 11) is 1.54. The number of hydrogen-bond donors (Lipinski definition) is 2. The number of carbonyl (C=O) groups excluding carboxylic acids is 7. The van der Waals surface area contributed by atoms with E-state index in [0.29, 0.717) is 104 Å². The monoisotopic (exact) mass is 1040 g/mol. The maximum atomic E-state index is 14.2. The SMILES string of the molecule is CC=C1C[C@H]2C=Nc3cc(OCCCCCOc4cc5c(cc4C)C(=O)N4CC(=CC)C[C@H]4[C@H](O)N5C(=O)OCc4ccc(NCC(=O)CCOCCCC(=O)CCN5C(=O)C=CC5=O)cc4)c(OC)cc3C(=O)N2C1. The van der Waals surface area contributed by atoms with E-state index in [0.717, 1.165) is 28.2 Å². The molecule has 5 heterocycles. The highest BCUT2D eigenvalue weighted by Crippen LogP contribution is 2.41. The Morgan fingerprint density at radius 2 is 1.45 bits per heavy atom. The van der Waals surface area contributed by atoms with Crippen LogP contribution in [0.5, 0.6) is 17.2 Å². The number of nitrogens with zero attached hydrogens (tertiary/aromatic N) is 5. The molecule has 76 heavy (non-hydrogen) atoms. The van der Waals surface area contributed by atoms with Crippen LogP contribution in [0.2, 0.25) is 0 Å². The third-order valence-electron chi connectivity index (χ3n) is 14.2. The maximum Gasteiger partial charge on any atom is 0.416 e. The standard InChI is InChI=1S/C57H66N6O13/c1-5-37-26-41-31-59-46-29-51(50(72-4)28-44(46)54(68)61(41)33-37)75-23-9-7-8-22-74-49-30-47-45(25-36(49)3)55(69)62-34-38(6-2)27-48(62)56(70)63(47)57(71)76-35-39-12-14-40(15-13-39)58-32-43(65)19-24-73-21-10-11-42(64)18-20-60-52(66)16-17-53(60)67/h5-6,12-17,25,28-31,41,48,56,58,70H,7-11,18-24,26-27,32-35H2,1-4H3/t41-,48-,56-/m0/s1. The van der Waals surface area contributed by atoms with Gasteiger partial charge < -0.3 is 43.9 Å². The number of imide groups is 1. The maximum absolute atomic E-state index is 14.2. The lowest BCUT2D eigenvalue weighted by molar-refractivity contribution is -0.137. The molecular weight excluding hydrogens is 977 g/mol. The summed E-state index contributed by atoms with van der Waals surface area (Å²) in [6.45, 7) is 7.79. The fourth-order valence-electron chi connectivity index (χ4n) is 9.76. The van der Waals surface area contributed by atoms with Gasteiger partial charge in [-0.25, -0.2) is 9.69 Å². The summed E-state index contributed by atoms with van der Waals surface area (Å²) in [5.74, 6) is 0.0345. The lowest BCUT2D eigenvalue weighted by atomic mass is 10.1. The lowest BCUT2D eigenvalue weighted by Gasteiger charge is -2.31. The molecule has 0 bridgehead atoms. The van der Waals surface area contributed by atoms with E-state index in [4.69, 9.17) is 23.7 Å². The Hall–Kier alpha value is -7.64. The number of rotatable bonds is 24. The number of allylic oxidation sites excluding steroid dienone is 2. The van der Waals surface area contributed by atoms with Crippen molar-refractivity contribution in [3.8, 4) is 17.2 Å². The van der Waals surface area contributed by atoms with Gasteiger partial charge in [-0.3, -0.25) is 38.7 Å². The van der Waals surface area contributed by atoms with Crippen molar-refractivity contribution in [2.45, 2.75) is 103 Å². The Labute approximate surface area is 442 Å². The minimum atomic E-state index is -1.42. The van der Waals surface area contributed by atoms with E-state index in [2.05, 4.69) is 16.4 Å². The second kappa shape index (κ2) is 25.3. The number of Topliss-reactive ketones (excluding diaryl/α,β-unsaturated/α-hetero) is 2. The number of fused-ring (bicyclic) bond motifs is 4. The smallest absolute Gasteiger partial charge is 0.416 e. The highest BCUT2D eigenvalue weighted by Gasteiger charge is 2.46. The molecule has 0 unspecified atom stereocenters. The van der Waals surface area contributed by atoms with Crippen LogP contribution in [0.3, 0.4) is 0 Å². The molecule has 3 aromatic carbocycles. The molecule has 402 valence electrons. The highest BCUT2D eigenvalue weighted by molar-refractivity contribution is 6.13. The fraction of sp³-hybridized carbons (Fsp3) is 0.439. The van der Waals surface area contributed by atoms with Gasteiger partial charge in [0, 0.05) is 81.7 Å². The molecule has 0 spiro atoms. The summed E-state index contributed by atoms with van der Waals surface area (Å²) in [6, 6.07) is 13.0. The molecule has 2 N–H and O–H groups in total. The van der Waals surface area contributed by atoms with Gasteiger partial charge >= 0.3 is 6.09 Å². The number of aliphatic hydroxyl groups excluding tert-OH is 1. The lowest BCUT2D eigenvalue weighted by Crippen LogP contribution is -2.50. The molecule has 19 nitrogen and oxygen atoms in total. The second-order valence-electron chi connectivity index (χ2n) is 19.3. The zero-order valence-corrected chi connectivity index (χ0v) is 43.5. The van der Waals surface area contributed by atoms with E-state index < -0.39 is 30.2 Å². The van der Waals surface area contributed by atoms with Gasteiger partial charge in [-0.1, -0.05) is 35.4 Å². The molecule has 0 radical (unpaired) electrons. The summed E-state index contributed by atoms with van der Waals surface area (Å²) in [5.41, 5.74) is 5.64. The van der Waals surface area contributed by atoms with Gasteiger partial charge in [0.25, 0.3) is 23.6 Å². The van der Waals surface area contributed by atoms with Crippen molar-refractivity contribution in [2.24, 2.45) is 4.99 Å². The summed E-state index contributed by atoms with van der Waals surface area (Å²) < 4.78 is 29.4. The fourth-order valence-corrected chi connectivity index (χ4v) is 9.76. The van der Waals surface area contributed by atoms with Gasteiger partial charge in [0.05, 0.1) is 68.1 Å². The van der Waals surface area contributed by atoms with Crippen LogP contribution in [-0.2, 0) is 35.3 Å². The van der Waals surface area contributed by atoms with E-state index in [1.54, 1.807) is 60.5 Å². The molecule has 0 aliphatic carbocycles. The van der Waals surface area contributed by atoms with Gasteiger partial charge in [-0.05, 0) is 94.7 Å². The van der Waals surface area contributed by atoms with Gasteiger partial charge in [-0.2, -0.15) is 0 Å². The van der Waals surface area contributed by atoms with Crippen LogP contribution < -0.4 is 24.4 Å². The number of aliphatic hydroxyl groups is 1. The number of aryl methyl sites for hydroxylation is 1. The second-order valence-corrected chi connectivity index (χ2v) is 19.3. The average molecular weight is 1040 g/mol. The average Bonchev–Trinajstić information content (AvgIpc) is 4.12. The number of anilines is 2. The van der Waals surface area contributed by atoms with Crippen molar-refractivity contribution in [1.82, 2.24) is 14.7 Å². The van der Waals surface area contributed by atoms with Gasteiger partial charge in [0.1, 0.15) is 18.1 Å². The molecule has 5 amide bonds. The van der Waals surface area contributed by atoms with Crippen molar-refractivity contribution in [3.05, 3.63) is 106 Å². The van der Waals surface area contributed by atoms with E-state index in [-0.39, 0.29) is 86.2 Å². The molecule has 5 aliphatic rings.